The van der Waals surface area contributed by atoms with Crippen LogP contribution in [0.5, 0.6) is 11.5 Å². The van der Waals surface area contributed by atoms with Crippen LogP contribution < -0.4 is 9.47 Å². The molecule has 0 spiro atoms. The van der Waals surface area contributed by atoms with Crippen LogP contribution in [0.25, 0.3) is 0 Å². The fourth-order valence-electron chi connectivity index (χ4n) is 2.16. The van der Waals surface area contributed by atoms with Gasteiger partial charge < -0.3 is 14.4 Å². The lowest BCUT2D eigenvalue weighted by atomic mass is 10.3. The maximum absolute atomic E-state index is 12.0. The Morgan fingerprint density at radius 2 is 2.05 bits per heavy atom. The van der Waals surface area contributed by atoms with Crippen molar-refractivity contribution in [3.63, 3.8) is 0 Å². The van der Waals surface area contributed by atoms with Crippen LogP contribution in [0.4, 0.5) is 0 Å². The molecule has 1 atom stereocenters. The van der Waals surface area contributed by atoms with E-state index in [2.05, 4.69) is 0 Å². The van der Waals surface area contributed by atoms with Crippen LogP contribution in [-0.4, -0.2) is 48.0 Å². The number of hydrogen-bond acceptors (Lipinski definition) is 5. The number of thioether (sulfide) groups is 1. The average Bonchev–Trinajstić information content (AvgIpc) is 2.93. The molecule has 6 heteroatoms. The lowest BCUT2D eigenvalue weighted by molar-refractivity contribution is -0.135. The third-order valence-electron chi connectivity index (χ3n) is 3.16. The van der Waals surface area contributed by atoms with Gasteiger partial charge in [0.1, 0.15) is 17.8 Å². The first-order valence-corrected chi connectivity index (χ1v) is 7.83. The molecule has 5 nitrogen and oxygen atoms in total. The van der Waals surface area contributed by atoms with E-state index in [0.29, 0.717) is 24.7 Å². The second-order valence-electron chi connectivity index (χ2n) is 4.75. The van der Waals surface area contributed by atoms with Gasteiger partial charge in [-0.3, -0.25) is 9.59 Å². The number of hydrogen-bond donors (Lipinski definition) is 0. The molecule has 1 aromatic rings. The number of benzene rings is 1. The van der Waals surface area contributed by atoms with E-state index in [-0.39, 0.29) is 23.5 Å². The minimum Gasteiger partial charge on any atom is -0.493 e. The topological polar surface area (TPSA) is 55.8 Å². The van der Waals surface area contributed by atoms with Gasteiger partial charge in [0.05, 0.1) is 13.5 Å². The van der Waals surface area contributed by atoms with E-state index in [1.165, 1.54) is 6.92 Å². The zero-order valence-electron chi connectivity index (χ0n) is 12.2. The SMILES string of the molecule is COc1ccccc1OC[C@@H]1SCCN1C(=O)CC(C)=O. The molecular formula is C15H19NO4S. The van der Waals surface area contributed by atoms with Crippen molar-refractivity contribution in [3.05, 3.63) is 24.3 Å². The zero-order chi connectivity index (χ0) is 15.2. The Kier molecular flexibility index (Phi) is 5.50. The van der Waals surface area contributed by atoms with E-state index in [4.69, 9.17) is 9.47 Å². The number of ketones is 1. The van der Waals surface area contributed by atoms with Gasteiger partial charge in [0.2, 0.25) is 5.91 Å². The summed E-state index contributed by atoms with van der Waals surface area (Å²) in [6, 6.07) is 7.41. The van der Waals surface area contributed by atoms with Gasteiger partial charge in [-0.05, 0) is 19.1 Å². The van der Waals surface area contributed by atoms with Crippen LogP contribution in [0.1, 0.15) is 13.3 Å². The predicted molar refractivity (Wildman–Crippen MR) is 81.7 cm³/mol. The standard InChI is InChI=1S/C15H19NO4S/c1-11(17)9-14(18)16-7-8-21-15(16)10-20-13-6-4-3-5-12(13)19-2/h3-6,15H,7-10H2,1-2H3/t15-/m0/s1. The Morgan fingerprint density at radius 3 is 2.71 bits per heavy atom. The highest BCUT2D eigenvalue weighted by molar-refractivity contribution is 8.00. The second kappa shape index (κ2) is 7.36. The molecule has 0 radical (unpaired) electrons. The van der Waals surface area contributed by atoms with Crippen molar-refractivity contribution in [2.24, 2.45) is 0 Å². The molecule has 1 aliphatic rings. The van der Waals surface area contributed by atoms with Gasteiger partial charge in [-0.15, -0.1) is 11.8 Å². The van der Waals surface area contributed by atoms with E-state index in [0.717, 1.165) is 5.75 Å². The van der Waals surface area contributed by atoms with Crippen molar-refractivity contribution in [2.75, 3.05) is 26.0 Å². The van der Waals surface area contributed by atoms with Crippen LogP contribution in [0, 0.1) is 0 Å². The Hall–Kier alpha value is -1.69. The minimum atomic E-state index is -0.124. The zero-order valence-corrected chi connectivity index (χ0v) is 13.0. The van der Waals surface area contributed by atoms with Gasteiger partial charge in [-0.2, -0.15) is 0 Å². The lowest BCUT2D eigenvalue weighted by Gasteiger charge is -2.23. The van der Waals surface area contributed by atoms with Gasteiger partial charge in [-0.25, -0.2) is 0 Å². The third-order valence-corrected chi connectivity index (χ3v) is 4.35. The van der Waals surface area contributed by atoms with E-state index >= 15 is 0 Å². The number of carbonyl (C=O) groups excluding carboxylic acids is 2. The largest absolute Gasteiger partial charge is 0.493 e. The summed E-state index contributed by atoms with van der Waals surface area (Å²) in [6.07, 6.45) is -0.0360. The predicted octanol–water partition coefficient (Wildman–Crippen LogP) is 1.95. The summed E-state index contributed by atoms with van der Waals surface area (Å²) < 4.78 is 11.0. The molecule has 0 N–H and O–H groups in total. The summed E-state index contributed by atoms with van der Waals surface area (Å²) >= 11 is 1.67. The lowest BCUT2D eigenvalue weighted by Crippen LogP contribution is -2.38. The number of ether oxygens (including phenoxy) is 2. The van der Waals surface area contributed by atoms with Gasteiger partial charge in [0, 0.05) is 12.3 Å². The van der Waals surface area contributed by atoms with Crippen molar-refractivity contribution < 1.29 is 19.1 Å². The molecule has 0 aromatic heterocycles. The number of amides is 1. The molecule has 0 unspecified atom stereocenters. The smallest absolute Gasteiger partial charge is 0.231 e. The van der Waals surface area contributed by atoms with E-state index in [1.54, 1.807) is 23.8 Å². The van der Waals surface area contributed by atoms with Gasteiger partial charge in [0.15, 0.2) is 11.5 Å². The highest BCUT2D eigenvalue weighted by atomic mass is 32.2. The molecule has 1 fully saturated rings. The summed E-state index contributed by atoms with van der Waals surface area (Å²) in [5.74, 6) is 1.96. The quantitative estimate of drug-likeness (QED) is 0.752. The number of rotatable bonds is 6. The summed E-state index contributed by atoms with van der Waals surface area (Å²) in [7, 11) is 1.59. The summed E-state index contributed by atoms with van der Waals surface area (Å²) in [4.78, 5) is 24.8. The Bertz CT molecular complexity index is 520. The summed E-state index contributed by atoms with van der Waals surface area (Å²) in [5, 5.41) is -0.0539. The van der Waals surface area contributed by atoms with E-state index in [1.807, 2.05) is 24.3 Å². The van der Waals surface area contributed by atoms with Gasteiger partial charge in [-0.1, -0.05) is 12.1 Å². The molecular weight excluding hydrogens is 290 g/mol. The fourth-order valence-corrected chi connectivity index (χ4v) is 3.30. The van der Waals surface area contributed by atoms with Crippen LogP contribution in [0.15, 0.2) is 24.3 Å². The van der Waals surface area contributed by atoms with Crippen molar-refractivity contribution in [1.29, 1.82) is 0 Å². The van der Waals surface area contributed by atoms with Gasteiger partial charge in [0.25, 0.3) is 0 Å². The van der Waals surface area contributed by atoms with Crippen LogP contribution in [0.3, 0.4) is 0 Å². The molecule has 21 heavy (non-hydrogen) atoms. The molecule has 2 rings (SSSR count). The summed E-state index contributed by atoms with van der Waals surface area (Å²) in [5.41, 5.74) is 0. The Balaban J connectivity index is 1.95. The highest BCUT2D eigenvalue weighted by Gasteiger charge is 2.30. The van der Waals surface area contributed by atoms with Crippen molar-refractivity contribution in [1.82, 2.24) is 4.90 Å². The molecule has 0 saturated carbocycles. The third kappa shape index (κ3) is 4.14. The van der Waals surface area contributed by atoms with Crippen molar-refractivity contribution >= 4 is 23.5 Å². The Labute approximate surface area is 128 Å². The number of para-hydroxylation sites is 2. The number of nitrogens with zero attached hydrogens (tertiary/aromatic N) is 1. The van der Waals surface area contributed by atoms with E-state index < -0.39 is 0 Å². The molecule has 1 aromatic carbocycles. The number of methoxy groups -OCH3 is 1. The maximum atomic E-state index is 12.0. The molecule has 1 amide bonds. The van der Waals surface area contributed by atoms with Crippen molar-refractivity contribution in [3.8, 4) is 11.5 Å². The second-order valence-corrected chi connectivity index (χ2v) is 6.04. The van der Waals surface area contributed by atoms with E-state index in [9.17, 15) is 9.59 Å². The molecule has 1 saturated heterocycles. The van der Waals surface area contributed by atoms with Crippen LogP contribution in [-0.2, 0) is 9.59 Å². The van der Waals surface area contributed by atoms with Crippen LogP contribution >= 0.6 is 11.8 Å². The molecule has 0 aliphatic carbocycles. The first-order valence-electron chi connectivity index (χ1n) is 6.78. The van der Waals surface area contributed by atoms with Crippen LogP contribution in [0.2, 0.25) is 0 Å². The minimum absolute atomic E-state index is 0.0360. The number of carbonyl (C=O) groups is 2. The molecule has 0 bridgehead atoms. The average molecular weight is 309 g/mol. The Morgan fingerprint density at radius 1 is 1.33 bits per heavy atom. The fraction of sp³-hybridized carbons (Fsp3) is 0.467. The summed E-state index contributed by atoms with van der Waals surface area (Å²) in [6.45, 7) is 2.48. The first-order chi connectivity index (χ1) is 10.1. The maximum Gasteiger partial charge on any atom is 0.231 e. The van der Waals surface area contributed by atoms with Gasteiger partial charge >= 0.3 is 0 Å². The first kappa shape index (κ1) is 15.7. The molecule has 114 valence electrons. The molecule has 1 aliphatic heterocycles. The normalized spacial score (nSPS) is 17.6. The van der Waals surface area contributed by atoms with Crippen molar-refractivity contribution in [2.45, 2.75) is 18.7 Å². The number of Topliss-reactive ketones (excluding diaryl/α,β-unsaturated/α-hetero) is 1. The highest BCUT2D eigenvalue weighted by Crippen LogP contribution is 2.29. The molecule has 1 heterocycles. The monoisotopic (exact) mass is 309 g/mol.